The third-order valence-corrected chi connectivity index (χ3v) is 4.70. The average molecular weight is 412 g/mol. The standard InChI is InChI=1S/C24H16N2O5/c27-25(28)21-12-11-19(23(16-21)26(29)30)13-22-14-20(17-7-3-1-4-8-17)15-24(31-22)18-9-5-2-6-10-18/h1-16H. The van der Waals surface area contributed by atoms with Crippen LogP contribution in [-0.2, 0) is 4.74 Å². The van der Waals surface area contributed by atoms with Gasteiger partial charge in [-0.1, -0.05) is 60.7 Å². The normalized spacial score (nSPS) is 14.4. The van der Waals surface area contributed by atoms with Crippen molar-refractivity contribution in [2.45, 2.75) is 0 Å². The molecule has 0 unspecified atom stereocenters. The fraction of sp³-hybridized carbons (Fsp3) is 0. The summed E-state index contributed by atoms with van der Waals surface area (Å²) < 4.78 is 6.03. The second-order valence-electron chi connectivity index (χ2n) is 6.75. The zero-order valence-electron chi connectivity index (χ0n) is 16.2. The summed E-state index contributed by atoms with van der Waals surface area (Å²) in [5.74, 6) is 0.981. The van der Waals surface area contributed by atoms with Crippen molar-refractivity contribution in [2.75, 3.05) is 0 Å². The van der Waals surface area contributed by atoms with Gasteiger partial charge in [0.05, 0.1) is 21.5 Å². The first-order chi connectivity index (χ1) is 15.0. The van der Waals surface area contributed by atoms with Crippen LogP contribution in [0.5, 0.6) is 0 Å². The lowest BCUT2D eigenvalue weighted by molar-refractivity contribution is -0.394. The van der Waals surface area contributed by atoms with Crippen molar-refractivity contribution in [2.24, 2.45) is 0 Å². The number of nitrogens with zero attached hydrogens (tertiary/aromatic N) is 2. The monoisotopic (exact) mass is 412 g/mol. The minimum Gasteiger partial charge on any atom is -0.457 e. The number of allylic oxidation sites excluding steroid dienone is 3. The van der Waals surface area contributed by atoms with E-state index in [1.807, 2.05) is 66.7 Å². The molecule has 0 bridgehead atoms. The summed E-state index contributed by atoms with van der Waals surface area (Å²) in [5, 5.41) is 22.5. The Kier molecular flexibility index (Phi) is 5.40. The summed E-state index contributed by atoms with van der Waals surface area (Å²) in [6, 6.07) is 22.7. The molecule has 152 valence electrons. The number of ether oxygens (including phenoxy) is 1. The van der Waals surface area contributed by atoms with E-state index < -0.39 is 9.85 Å². The zero-order chi connectivity index (χ0) is 21.8. The molecule has 7 heteroatoms. The molecule has 1 heterocycles. The molecule has 0 spiro atoms. The van der Waals surface area contributed by atoms with Gasteiger partial charge in [-0.3, -0.25) is 20.2 Å². The number of nitro groups is 2. The molecule has 0 aliphatic carbocycles. The van der Waals surface area contributed by atoms with Crippen molar-refractivity contribution in [1.82, 2.24) is 0 Å². The van der Waals surface area contributed by atoms with Gasteiger partial charge in [0.25, 0.3) is 11.4 Å². The van der Waals surface area contributed by atoms with Gasteiger partial charge in [-0.25, -0.2) is 0 Å². The first-order valence-electron chi connectivity index (χ1n) is 9.38. The number of hydrogen-bond donors (Lipinski definition) is 0. The van der Waals surface area contributed by atoms with E-state index in [0.717, 1.165) is 22.8 Å². The molecule has 1 aliphatic heterocycles. The van der Waals surface area contributed by atoms with Gasteiger partial charge in [0, 0.05) is 11.6 Å². The lowest BCUT2D eigenvalue weighted by Crippen LogP contribution is -2.00. The Labute approximate surface area is 177 Å². The molecule has 0 saturated heterocycles. The first-order valence-corrected chi connectivity index (χ1v) is 9.38. The van der Waals surface area contributed by atoms with Crippen LogP contribution in [0.3, 0.4) is 0 Å². The average Bonchev–Trinajstić information content (AvgIpc) is 2.80. The highest BCUT2D eigenvalue weighted by Crippen LogP contribution is 2.34. The maximum atomic E-state index is 11.5. The van der Waals surface area contributed by atoms with E-state index in [1.165, 1.54) is 18.2 Å². The van der Waals surface area contributed by atoms with E-state index in [4.69, 9.17) is 4.74 Å². The maximum Gasteiger partial charge on any atom is 0.283 e. The van der Waals surface area contributed by atoms with E-state index >= 15 is 0 Å². The predicted octanol–water partition coefficient (Wildman–Crippen LogP) is 6.00. The van der Waals surface area contributed by atoms with Crippen molar-refractivity contribution < 1.29 is 14.6 Å². The van der Waals surface area contributed by atoms with Gasteiger partial charge in [-0.2, -0.15) is 0 Å². The Balaban J connectivity index is 1.82. The largest absolute Gasteiger partial charge is 0.457 e. The molecule has 0 saturated carbocycles. The lowest BCUT2D eigenvalue weighted by atomic mass is 10.00. The minimum absolute atomic E-state index is 0.212. The number of rotatable bonds is 5. The van der Waals surface area contributed by atoms with E-state index in [-0.39, 0.29) is 16.9 Å². The van der Waals surface area contributed by atoms with Crippen molar-refractivity contribution in [1.29, 1.82) is 0 Å². The number of nitro benzene ring substituents is 2. The van der Waals surface area contributed by atoms with E-state index in [0.29, 0.717) is 11.5 Å². The molecule has 0 amide bonds. The zero-order valence-corrected chi connectivity index (χ0v) is 16.2. The summed E-state index contributed by atoms with van der Waals surface area (Å²) in [7, 11) is 0. The molecule has 31 heavy (non-hydrogen) atoms. The van der Waals surface area contributed by atoms with E-state index in [2.05, 4.69) is 0 Å². The van der Waals surface area contributed by atoms with Crippen molar-refractivity contribution >= 4 is 28.8 Å². The molecule has 4 rings (SSSR count). The van der Waals surface area contributed by atoms with Crippen molar-refractivity contribution in [3.05, 3.63) is 134 Å². The summed E-state index contributed by atoms with van der Waals surface area (Å²) in [5.41, 5.74) is 2.20. The van der Waals surface area contributed by atoms with Gasteiger partial charge in [-0.05, 0) is 35.4 Å². The smallest absolute Gasteiger partial charge is 0.283 e. The molecule has 0 atom stereocenters. The van der Waals surface area contributed by atoms with Crippen LogP contribution >= 0.6 is 0 Å². The topological polar surface area (TPSA) is 95.5 Å². The molecule has 0 radical (unpaired) electrons. The van der Waals surface area contributed by atoms with E-state index in [9.17, 15) is 20.2 Å². The highest BCUT2D eigenvalue weighted by atomic mass is 16.6. The molecular weight excluding hydrogens is 396 g/mol. The molecule has 0 fully saturated rings. The van der Waals surface area contributed by atoms with Crippen LogP contribution in [0.15, 0.2) is 96.8 Å². The fourth-order valence-electron chi connectivity index (χ4n) is 3.21. The van der Waals surface area contributed by atoms with Gasteiger partial charge in [0.2, 0.25) is 0 Å². The highest BCUT2D eigenvalue weighted by molar-refractivity contribution is 5.87. The second-order valence-corrected chi connectivity index (χ2v) is 6.75. The second kappa shape index (κ2) is 8.46. The first kappa shape index (κ1) is 19.8. The molecule has 7 nitrogen and oxygen atoms in total. The molecule has 1 aliphatic rings. The summed E-state index contributed by atoms with van der Waals surface area (Å²) >= 11 is 0. The molecular formula is C24H16N2O5. The highest BCUT2D eigenvalue weighted by Gasteiger charge is 2.20. The number of benzene rings is 3. The van der Waals surface area contributed by atoms with Crippen LogP contribution in [0.25, 0.3) is 17.4 Å². The van der Waals surface area contributed by atoms with Crippen LogP contribution in [0.2, 0.25) is 0 Å². The number of hydrogen-bond acceptors (Lipinski definition) is 5. The third kappa shape index (κ3) is 4.40. The summed E-state index contributed by atoms with van der Waals surface area (Å²) in [6.07, 6.45) is 5.21. The van der Waals surface area contributed by atoms with Crippen LogP contribution < -0.4 is 0 Å². The Morgan fingerprint density at radius 1 is 0.742 bits per heavy atom. The Bertz CT molecular complexity index is 1250. The van der Waals surface area contributed by atoms with E-state index in [1.54, 1.807) is 6.08 Å². The SMILES string of the molecule is O=[N+]([O-])c1ccc(C=C2C=C(c3ccccc3)C=C(c3ccccc3)O2)c([N+](=O)[O-])c1. The van der Waals surface area contributed by atoms with Gasteiger partial charge in [-0.15, -0.1) is 0 Å². The lowest BCUT2D eigenvalue weighted by Gasteiger charge is -2.18. The summed E-state index contributed by atoms with van der Waals surface area (Å²) in [6.45, 7) is 0. The molecule has 3 aromatic rings. The quantitative estimate of drug-likeness (QED) is 0.378. The van der Waals surface area contributed by atoms with Crippen molar-refractivity contribution in [3.63, 3.8) is 0 Å². The Morgan fingerprint density at radius 2 is 1.39 bits per heavy atom. The minimum atomic E-state index is -0.662. The predicted molar refractivity (Wildman–Crippen MR) is 118 cm³/mol. The number of non-ortho nitro benzene ring substituents is 1. The van der Waals surface area contributed by atoms with Gasteiger partial charge in [0.1, 0.15) is 11.5 Å². The summed E-state index contributed by atoms with van der Waals surface area (Å²) in [4.78, 5) is 21.2. The fourth-order valence-corrected chi connectivity index (χ4v) is 3.21. The van der Waals surface area contributed by atoms with Gasteiger partial charge >= 0.3 is 0 Å². The van der Waals surface area contributed by atoms with Gasteiger partial charge in [0.15, 0.2) is 0 Å². The van der Waals surface area contributed by atoms with Crippen LogP contribution in [0, 0.1) is 20.2 Å². The Morgan fingerprint density at radius 3 is 2.00 bits per heavy atom. The van der Waals surface area contributed by atoms with Gasteiger partial charge < -0.3 is 4.74 Å². The molecule has 0 aromatic heterocycles. The van der Waals surface area contributed by atoms with Crippen LogP contribution in [0.1, 0.15) is 16.7 Å². The maximum absolute atomic E-state index is 11.5. The Hall–Kier alpha value is -4.52. The van der Waals surface area contributed by atoms with Crippen molar-refractivity contribution in [3.8, 4) is 0 Å². The van der Waals surface area contributed by atoms with Crippen LogP contribution in [-0.4, -0.2) is 9.85 Å². The molecule has 0 N–H and O–H groups in total. The molecule has 3 aromatic carbocycles. The third-order valence-electron chi connectivity index (χ3n) is 4.70. The van der Waals surface area contributed by atoms with Crippen LogP contribution in [0.4, 0.5) is 11.4 Å².